The molecular formula is C22H27N5O2. The fraction of sp³-hybridized carbons (Fsp3) is 0.409. The molecule has 0 saturated carbocycles. The lowest BCUT2D eigenvalue weighted by Crippen LogP contribution is -2.56. The fourth-order valence-electron chi connectivity index (χ4n) is 3.90. The highest BCUT2D eigenvalue weighted by atomic mass is 16.2. The Morgan fingerprint density at radius 2 is 1.31 bits per heavy atom. The van der Waals surface area contributed by atoms with Crippen LogP contribution in [0.2, 0.25) is 0 Å². The first-order chi connectivity index (χ1) is 14.2. The normalized spacial score (nSPS) is 18.0. The zero-order valence-corrected chi connectivity index (χ0v) is 16.6. The highest BCUT2D eigenvalue weighted by Crippen LogP contribution is 2.14. The van der Waals surface area contributed by atoms with Crippen LogP contribution in [0.4, 0.5) is 5.82 Å². The molecule has 3 heterocycles. The molecule has 4 rings (SSSR count). The van der Waals surface area contributed by atoms with Gasteiger partial charge in [-0.05, 0) is 17.7 Å². The van der Waals surface area contributed by atoms with Gasteiger partial charge in [-0.1, -0.05) is 36.4 Å². The molecule has 2 amide bonds. The molecule has 7 heteroatoms. The zero-order chi connectivity index (χ0) is 20.1. The molecule has 0 atom stereocenters. The topological polar surface area (TPSA) is 60.0 Å². The van der Waals surface area contributed by atoms with Crippen molar-refractivity contribution < 1.29 is 9.59 Å². The number of nitrogens with zero attached hydrogens (tertiary/aromatic N) is 5. The summed E-state index contributed by atoms with van der Waals surface area (Å²) in [5.41, 5.74) is 1.27. The van der Waals surface area contributed by atoms with E-state index < -0.39 is 0 Å². The lowest BCUT2D eigenvalue weighted by atomic mass is 10.2. The molecule has 2 aromatic rings. The predicted octanol–water partition coefficient (Wildman–Crippen LogP) is 1.07. The molecule has 29 heavy (non-hydrogen) atoms. The van der Waals surface area contributed by atoms with Crippen molar-refractivity contribution in [1.82, 2.24) is 19.7 Å². The molecule has 0 unspecified atom stereocenters. The number of hydrogen-bond acceptors (Lipinski definition) is 5. The van der Waals surface area contributed by atoms with Gasteiger partial charge in [0.2, 0.25) is 0 Å². The Hall–Kier alpha value is -2.93. The van der Waals surface area contributed by atoms with E-state index in [1.807, 2.05) is 36.4 Å². The summed E-state index contributed by atoms with van der Waals surface area (Å²) in [6, 6.07) is 16.2. The van der Waals surface area contributed by atoms with Crippen LogP contribution in [-0.2, 0) is 16.1 Å². The third-order valence-electron chi connectivity index (χ3n) is 5.63. The van der Waals surface area contributed by atoms with Gasteiger partial charge in [0.05, 0.1) is 0 Å². The Morgan fingerprint density at radius 1 is 0.724 bits per heavy atom. The van der Waals surface area contributed by atoms with Crippen LogP contribution in [-0.4, -0.2) is 83.9 Å². The van der Waals surface area contributed by atoms with E-state index in [2.05, 4.69) is 26.9 Å². The first kappa shape index (κ1) is 19.4. The molecule has 152 valence electrons. The highest BCUT2D eigenvalue weighted by Gasteiger charge is 2.31. The Labute approximate surface area is 171 Å². The van der Waals surface area contributed by atoms with E-state index >= 15 is 0 Å². The lowest BCUT2D eigenvalue weighted by Gasteiger charge is -2.38. The molecule has 2 fully saturated rings. The van der Waals surface area contributed by atoms with Crippen LogP contribution in [0.5, 0.6) is 0 Å². The lowest BCUT2D eigenvalue weighted by molar-refractivity contribution is -0.153. The molecule has 0 N–H and O–H groups in total. The van der Waals surface area contributed by atoms with Crippen LogP contribution in [0.15, 0.2) is 54.7 Å². The number of benzene rings is 1. The number of carbonyl (C=O) groups excluding carboxylic acids is 2. The van der Waals surface area contributed by atoms with Gasteiger partial charge in [-0.15, -0.1) is 0 Å². The molecule has 0 spiro atoms. The van der Waals surface area contributed by atoms with Crippen molar-refractivity contribution in [3.63, 3.8) is 0 Å². The van der Waals surface area contributed by atoms with Gasteiger partial charge in [0.1, 0.15) is 5.82 Å². The molecule has 1 aromatic heterocycles. The summed E-state index contributed by atoms with van der Waals surface area (Å²) < 4.78 is 0. The first-order valence-corrected chi connectivity index (χ1v) is 10.2. The molecule has 2 saturated heterocycles. The largest absolute Gasteiger partial charge is 0.353 e. The average molecular weight is 393 g/mol. The summed E-state index contributed by atoms with van der Waals surface area (Å²) in [6.07, 6.45) is 1.77. The molecule has 0 radical (unpaired) electrons. The maximum Gasteiger partial charge on any atom is 0.312 e. The summed E-state index contributed by atoms with van der Waals surface area (Å²) in [6.45, 7) is 6.16. The van der Waals surface area contributed by atoms with Crippen LogP contribution in [0.25, 0.3) is 0 Å². The quantitative estimate of drug-likeness (QED) is 0.731. The van der Waals surface area contributed by atoms with E-state index in [9.17, 15) is 9.59 Å². The van der Waals surface area contributed by atoms with Gasteiger partial charge in [-0.2, -0.15) is 0 Å². The monoisotopic (exact) mass is 393 g/mol. The van der Waals surface area contributed by atoms with Crippen molar-refractivity contribution >= 4 is 17.6 Å². The summed E-state index contributed by atoms with van der Waals surface area (Å²) in [4.78, 5) is 37.6. The molecule has 2 aliphatic rings. The van der Waals surface area contributed by atoms with Gasteiger partial charge in [0.25, 0.3) is 0 Å². The number of anilines is 1. The number of amides is 2. The second kappa shape index (κ2) is 9.05. The van der Waals surface area contributed by atoms with Gasteiger partial charge in [0.15, 0.2) is 0 Å². The van der Waals surface area contributed by atoms with E-state index in [4.69, 9.17) is 0 Å². The van der Waals surface area contributed by atoms with Gasteiger partial charge in [-0.3, -0.25) is 14.5 Å². The van der Waals surface area contributed by atoms with Crippen LogP contribution in [0.3, 0.4) is 0 Å². The van der Waals surface area contributed by atoms with Crippen molar-refractivity contribution in [3.8, 4) is 0 Å². The van der Waals surface area contributed by atoms with Crippen molar-refractivity contribution in [2.45, 2.75) is 6.54 Å². The number of rotatable bonds is 3. The minimum Gasteiger partial charge on any atom is -0.353 e. The zero-order valence-electron chi connectivity index (χ0n) is 16.6. The Morgan fingerprint density at radius 3 is 1.90 bits per heavy atom. The molecule has 0 bridgehead atoms. The Bertz CT molecular complexity index is 814. The summed E-state index contributed by atoms with van der Waals surface area (Å²) in [5, 5.41) is 0. The molecule has 2 aliphatic heterocycles. The van der Waals surface area contributed by atoms with E-state index in [1.54, 1.807) is 16.0 Å². The molecule has 1 aromatic carbocycles. The minimum absolute atomic E-state index is 0.365. The molecule has 0 aliphatic carbocycles. The number of pyridine rings is 1. The highest BCUT2D eigenvalue weighted by molar-refractivity contribution is 6.35. The number of carbonyl (C=O) groups is 2. The van der Waals surface area contributed by atoms with E-state index in [1.165, 1.54) is 5.56 Å². The van der Waals surface area contributed by atoms with Gasteiger partial charge in [-0.25, -0.2) is 4.98 Å². The maximum atomic E-state index is 12.7. The smallest absolute Gasteiger partial charge is 0.312 e. The second-order valence-electron chi connectivity index (χ2n) is 7.52. The van der Waals surface area contributed by atoms with E-state index in [-0.39, 0.29) is 11.8 Å². The van der Waals surface area contributed by atoms with E-state index in [0.717, 1.165) is 25.5 Å². The van der Waals surface area contributed by atoms with Crippen LogP contribution in [0, 0.1) is 0 Å². The van der Waals surface area contributed by atoms with Gasteiger partial charge >= 0.3 is 11.8 Å². The van der Waals surface area contributed by atoms with Gasteiger partial charge < -0.3 is 14.7 Å². The minimum atomic E-state index is -0.373. The number of aromatic nitrogens is 1. The average Bonchev–Trinajstić information content (AvgIpc) is 2.80. The summed E-state index contributed by atoms with van der Waals surface area (Å²) in [5.74, 6) is 0.179. The van der Waals surface area contributed by atoms with Crippen molar-refractivity contribution in [2.24, 2.45) is 0 Å². The van der Waals surface area contributed by atoms with Crippen LogP contribution in [0.1, 0.15) is 5.56 Å². The third-order valence-corrected chi connectivity index (χ3v) is 5.63. The maximum absolute atomic E-state index is 12.7. The first-order valence-electron chi connectivity index (χ1n) is 10.2. The number of piperazine rings is 2. The van der Waals surface area contributed by atoms with E-state index in [0.29, 0.717) is 39.3 Å². The van der Waals surface area contributed by atoms with Crippen LogP contribution < -0.4 is 4.90 Å². The van der Waals surface area contributed by atoms with Crippen LogP contribution >= 0.6 is 0 Å². The van der Waals surface area contributed by atoms with Crippen molar-refractivity contribution in [2.75, 3.05) is 57.3 Å². The third kappa shape index (κ3) is 4.74. The predicted molar refractivity (Wildman–Crippen MR) is 111 cm³/mol. The summed E-state index contributed by atoms with van der Waals surface area (Å²) >= 11 is 0. The number of hydrogen-bond donors (Lipinski definition) is 0. The fourth-order valence-corrected chi connectivity index (χ4v) is 3.90. The second-order valence-corrected chi connectivity index (χ2v) is 7.52. The standard InChI is InChI=1S/C22H27N5O2/c28-21(26-12-10-24(11-13-26)18-19-6-2-1-3-7-19)22(29)27-16-14-25(15-17-27)20-8-4-5-9-23-20/h1-9H,10-18H2. The Kier molecular flexibility index (Phi) is 6.05. The van der Waals surface area contributed by atoms with Crippen molar-refractivity contribution in [1.29, 1.82) is 0 Å². The van der Waals surface area contributed by atoms with Crippen molar-refractivity contribution in [3.05, 3.63) is 60.3 Å². The Balaban J connectivity index is 1.24. The van der Waals surface area contributed by atoms with Gasteiger partial charge in [0, 0.05) is 65.1 Å². The molecule has 7 nitrogen and oxygen atoms in total. The summed E-state index contributed by atoms with van der Waals surface area (Å²) in [7, 11) is 0. The molecular weight excluding hydrogens is 366 g/mol. The SMILES string of the molecule is O=C(C(=O)N1CCN(c2ccccn2)CC1)N1CCN(Cc2ccccc2)CC1.